The molecule has 35 heavy (non-hydrogen) atoms. The lowest BCUT2D eigenvalue weighted by atomic mass is 10.2. The van der Waals surface area contributed by atoms with Crippen LogP contribution in [0.5, 0.6) is 0 Å². The van der Waals surface area contributed by atoms with Gasteiger partial charge in [0.15, 0.2) is 5.16 Å². The Bertz CT molecular complexity index is 1470. The van der Waals surface area contributed by atoms with Crippen molar-refractivity contribution in [2.75, 3.05) is 24.8 Å². The zero-order chi connectivity index (χ0) is 24.4. The highest BCUT2D eigenvalue weighted by Crippen LogP contribution is 2.28. The number of anilines is 1. The minimum atomic E-state index is -0.544. The first-order valence-corrected chi connectivity index (χ1v) is 12.2. The Balaban J connectivity index is 1.45. The predicted molar refractivity (Wildman–Crippen MR) is 132 cm³/mol. The van der Waals surface area contributed by atoms with Crippen molar-refractivity contribution in [1.29, 1.82) is 0 Å². The predicted octanol–water partition coefficient (Wildman–Crippen LogP) is 3.84. The number of rotatable bonds is 7. The fraction of sp³-hybridized carbons (Fsp3) is 0.280. The van der Waals surface area contributed by atoms with Gasteiger partial charge in [0, 0.05) is 12.0 Å². The standard InChI is InChI=1S/C25H23N3O6S/c1-32-24(31)16-8-2-4-10-18(16)26-20(29)14-35-25-27-21-17-9-3-5-11-19(17)34-22(21)23(30)28(25)13-15-7-6-12-33-15/h2-5,8-11,15H,6-7,12-14H2,1H3,(H,26,29)/t15-/m1/s1. The summed E-state index contributed by atoms with van der Waals surface area (Å²) in [5, 5.41) is 3.89. The van der Waals surface area contributed by atoms with Gasteiger partial charge in [-0.2, -0.15) is 0 Å². The lowest BCUT2D eigenvalue weighted by Gasteiger charge is -2.15. The van der Waals surface area contributed by atoms with Gasteiger partial charge in [-0.25, -0.2) is 9.78 Å². The Morgan fingerprint density at radius 2 is 2.00 bits per heavy atom. The van der Waals surface area contributed by atoms with Crippen LogP contribution in [-0.2, 0) is 20.8 Å². The number of nitrogens with one attached hydrogen (secondary N) is 1. The van der Waals surface area contributed by atoms with Gasteiger partial charge in [0.05, 0.1) is 36.8 Å². The number of aromatic nitrogens is 2. The molecular formula is C25H23N3O6S. The van der Waals surface area contributed by atoms with Gasteiger partial charge < -0.3 is 19.2 Å². The lowest BCUT2D eigenvalue weighted by molar-refractivity contribution is -0.113. The number of furan rings is 1. The van der Waals surface area contributed by atoms with E-state index < -0.39 is 5.97 Å². The number of hydrogen-bond donors (Lipinski definition) is 1. The summed E-state index contributed by atoms with van der Waals surface area (Å²) in [5.41, 5.74) is 1.54. The van der Waals surface area contributed by atoms with Crippen molar-refractivity contribution < 1.29 is 23.5 Å². The largest absolute Gasteiger partial charge is 0.465 e. The monoisotopic (exact) mass is 493 g/mol. The number of methoxy groups -OCH3 is 1. The molecule has 2 aromatic heterocycles. The van der Waals surface area contributed by atoms with Crippen molar-refractivity contribution in [2.24, 2.45) is 0 Å². The van der Waals surface area contributed by atoms with Crippen molar-refractivity contribution in [1.82, 2.24) is 9.55 Å². The normalized spacial score (nSPS) is 15.5. The summed E-state index contributed by atoms with van der Waals surface area (Å²) in [4.78, 5) is 42.9. The van der Waals surface area contributed by atoms with Crippen LogP contribution in [0.4, 0.5) is 5.69 Å². The second-order valence-corrected chi connectivity index (χ2v) is 9.04. The number of benzene rings is 2. The highest BCUT2D eigenvalue weighted by atomic mass is 32.2. The maximum absolute atomic E-state index is 13.4. The summed E-state index contributed by atoms with van der Waals surface area (Å²) in [6.45, 7) is 0.984. The Morgan fingerprint density at radius 1 is 1.20 bits per heavy atom. The quantitative estimate of drug-likeness (QED) is 0.235. The highest BCUT2D eigenvalue weighted by molar-refractivity contribution is 7.99. The molecule has 180 valence electrons. The molecule has 1 atom stereocenters. The molecule has 1 aliphatic heterocycles. The van der Waals surface area contributed by atoms with Crippen LogP contribution < -0.4 is 10.9 Å². The Morgan fingerprint density at radius 3 is 2.80 bits per heavy atom. The molecule has 10 heteroatoms. The van der Waals surface area contributed by atoms with E-state index in [0.717, 1.165) is 30.0 Å². The highest BCUT2D eigenvalue weighted by Gasteiger charge is 2.23. The molecule has 5 rings (SSSR count). The molecule has 3 heterocycles. The SMILES string of the molecule is COC(=O)c1ccccc1NC(=O)CSc1nc2c(oc3ccccc32)c(=O)n1C[C@H]1CCCO1. The summed E-state index contributed by atoms with van der Waals surface area (Å²) < 4.78 is 17.9. The van der Waals surface area contributed by atoms with Gasteiger partial charge in [0.2, 0.25) is 11.5 Å². The Labute approximate surface area is 204 Å². The third kappa shape index (κ3) is 4.67. The van der Waals surface area contributed by atoms with E-state index in [1.165, 1.54) is 11.7 Å². The zero-order valence-electron chi connectivity index (χ0n) is 19.0. The van der Waals surface area contributed by atoms with E-state index in [0.29, 0.717) is 35.1 Å². The number of ether oxygens (including phenoxy) is 2. The summed E-state index contributed by atoms with van der Waals surface area (Å²) in [5.74, 6) is -0.909. The first-order chi connectivity index (χ1) is 17.0. The van der Waals surface area contributed by atoms with E-state index >= 15 is 0 Å². The van der Waals surface area contributed by atoms with Gasteiger partial charge in [-0.3, -0.25) is 14.2 Å². The fourth-order valence-electron chi connectivity index (χ4n) is 4.11. The molecule has 0 radical (unpaired) electrons. The number of carbonyl (C=O) groups is 2. The fourth-order valence-corrected chi connectivity index (χ4v) is 4.91. The summed E-state index contributed by atoms with van der Waals surface area (Å²) in [6.07, 6.45) is 1.68. The number of para-hydroxylation sites is 2. The van der Waals surface area contributed by atoms with Crippen LogP contribution in [0.15, 0.2) is 62.9 Å². The van der Waals surface area contributed by atoms with Crippen molar-refractivity contribution in [3.05, 3.63) is 64.4 Å². The molecule has 1 saturated heterocycles. The molecule has 0 saturated carbocycles. The van der Waals surface area contributed by atoms with Gasteiger partial charge in [0.1, 0.15) is 11.1 Å². The molecule has 1 N–H and O–H groups in total. The minimum absolute atomic E-state index is 0.0191. The molecule has 1 amide bonds. The molecule has 4 aromatic rings. The van der Waals surface area contributed by atoms with Crippen LogP contribution >= 0.6 is 11.8 Å². The van der Waals surface area contributed by atoms with Gasteiger partial charge in [0.25, 0.3) is 5.56 Å². The van der Waals surface area contributed by atoms with Crippen molar-refractivity contribution in [2.45, 2.75) is 30.6 Å². The molecule has 0 unspecified atom stereocenters. The Hall–Kier alpha value is -3.63. The number of hydrogen-bond acceptors (Lipinski definition) is 8. The topological polar surface area (TPSA) is 113 Å². The van der Waals surface area contributed by atoms with E-state index in [-0.39, 0.29) is 34.5 Å². The zero-order valence-corrected chi connectivity index (χ0v) is 19.8. The van der Waals surface area contributed by atoms with E-state index in [1.54, 1.807) is 30.3 Å². The average molecular weight is 494 g/mol. The molecule has 1 fully saturated rings. The third-order valence-corrected chi connectivity index (χ3v) is 6.77. The number of thioether (sulfide) groups is 1. The maximum Gasteiger partial charge on any atom is 0.339 e. The second kappa shape index (κ2) is 9.93. The van der Waals surface area contributed by atoms with Crippen LogP contribution in [0, 0.1) is 0 Å². The molecule has 1 aliphatic rings. The summed E-state index contributed by atoms with van der Waals surface area (Å²) >= 11 is 1.15. The maximum atomic E-state index is 13.4. The smallest absolute Gasteiger partial charge is 0.339 e. The average Bonchev–Trinajstić information content (AvgIpc) is 3.52. The number of amides is 1. The van der Waals surface area contributed by atoms with Crippen molar-refractivity contribution >= 4 is 51.4 Å². The minimum Gasteiger partial charge on any atom is -0.465 e. The first-order valence-electron chi connectivity index (χ1n) is 11.2. The van der Waals surface area contributed by atoms with E-state index in [9.17, 15) is 14.4 Å². The van der Waals surface area contributed by atoms with Gasteiger partial charge in [-0.15, -0.1) is 0 Å². The van der Waals surface area contributed by atoms with Crippen LogP contribution in [0.2, 0.25) is 0 Å². The second-order valence-electron chi connectivity index (χ2n) is 8.10. The first kappa shape index (κ1) is 23.1. The molecule has 0 spiro atoms. The van der Waals surface area contributed by atoms with E-state index in [2.05, 4.69) is 5.32 Å². The van der Waals surface area contributed by atoms with Gasteiger partial charge in [-0.05, 0) is 37.1 Å². The van der Waals surface area contributed by atoms with Crippen molar-refractivity contribution in [3.8, 4) is 0 Å². The number of fused-ring (bicyclic) bond motifs is 3. The van der Waals surface area contributed by atoms with Crippen LogP contribution in [0.3, 0.4) is 0 Å². The van der Waals surface area contributed by atoms with Gasteiger partial charge >= 0.3 is 5.97 Å². The molecule has 2 aromatic carbocycles. The molecule has 0 aliphatic carbocycles. The summed E-state index contributed by atoms with van der Waals surface area (Å²) in [7, 11) is 1.28. The lowest BCUT2D eigenvalue weighted by Crippen LogP contribution is -2.29. The van der Waals surface area contributed by atoms with Gasteiger partial charge in [-0.1, -0.05) is 36.0 Å². The summed E-state index contributed by atoms with van der Waals surface area (Å²) in [6, 6.07) is 13.9. The van der Waals surface area contributed by atoms with Crippen LogP contribution in [0.1, 0.15) is 23.2 Å². The Kier molecular flexibility index (Phi) is 6.56. The number of carbonyl (C=O) groups excluding carboxylic acids is 2. The van der Waals surface area contributed by atoms with Crippen LogP contribution in [0.25, 0.3) is 22.1 Å². The third-order valence-electron chi connectivity index (χ3n) is 5.80. The number of esters is 1. The van der Waals surface area contributed by atoms with Crippen LogP contribution in [-0.4, -0.2) is 47.0 Å². The molecule has 0 bridgehead atoms. The molecular weight excluding hydrogens is 470 g/mol. The van der Waals surface area contributed by atoms with E-state index in [4.69, 9.17) is 18.9 Å². The molecule has 9 nitrogen and oxygen atoms in total. The van der Waals surface area contributed by atoms with E-state index in [1.807, 2.05) is 18.2 Å². The van der Waals surface area contributed by atoms with Crippen molar-refractivity contribution in [3.63, 3.8) is 0 Å². The number of nitrogens with zero attached hydrogens (tertiary/aromatic N) is 2.